The molecule has 0 saturated carbocycles. The standard InChI is InChI=1S/C20H19NO2/c1-14-16(13-22)10-11-21-20(14)18-9-8-17(23-2)12-19(18)15-6-4-3-5-7-15/h3-12,22H,13H2,1-2H3. The molecule has 0 spiro atoms. The lowest BCUT2D eigenvalue weighted by Gasteiger charge is -2.14. The van der Waals surface area contributed by atoms with Crippen LogP contribution < -0.4 is 4.74 Å². The second-order valence-corrected chi connectivity index (χ2v) is 5.38. The molecule has 1 aromatic heterocycles. The zero-order chi connectivity index (χ0) is 16.2. The minimum atomic E-state index is 0.0121. The van der Waals surface area contributed by atoms with E-state index in [1.54, 1.807) is 13.3 Å². The Labute approximate surface area is 136 Å². The zero-order valence-electron chi connectivity index (χ0n) is 13.3. The molecular weight excluding hydrogens is 286 g/mol. The van der Waals surface area contributed by atoms with Crippen LogP contribution in [-0.4, -0.2) is 17.2 Å². The minimum Gasteiger partial charge on any atom is -0.497 e. The third-order valence-electron chi connectivity index (χ3n) is 4.05. The number of hydrogen-bond donors (Lipinski definition) is 1. The maximum atomic E-state index is 9.51. The quantitative estimate of drug-likeness (QED) is 0.784. The molecule has 0 unspecified atom stereocenters. The highest BCUT2D eigenvalue weighted by molar-refractivity contribution is 5.84. The van der Waals surface area contributed by atoms with Crippen LogP contribution in [0, 0.1) is 6.92 Å². The second-order valence-electron chi connectivity index (χ2n) is 5.38. The maximum absolute atomic E-state index is 9.51. The van der Waals surface area contributed by atoms with Gasteiger partial charge in [0.1, 0.15) is 5.75 Å². The Hall–Kier alpha value is -2.65. The number of benzene rings is 2. The van der Waals surface area contributed by atoms with Gasteiger partial charge in [0.2, 0.25) is 0 Å². The van der Waals surface area contributed by atoms with Crippen LogP contribution in [0.5, 0.6) is 5.75 Å². The molecule has 0 amide bonds. The van der Waals surface area contributed by atoms with Crippen LogP contribution in [0.4, 0.5) is 0 Å². The average molecular weight is 305 g/mol. The summed E-state index contributed by atoms with van der Waals surface area (Å²) in [5, 5.41) is 9.51. The summed E-state index contributed by atoms with van der Waals surface area (Å²) in [5.41, 5.74) is 5.98. The highest BCUT2D eigenvalue weighted by Gasteiger charge is 2.13. The van der Waals surface area contributed by atoms with Crippen molar-refractivity contribution in [2.75, 3.05) is 7.11 Å². The van der Waals surface area contributed by atoms with Gasteiger partial charge in [-0.2, -0.15) is 0 Å². The summed E-state index contributed by atoms with van der Waals surface area (Å²) in [6.07, 6.45) is 1.74. The van der Waals surface area contributed by atoms with Crippen molar-refractivity contribution < 1.29 is 9.84 Å². The van der Waals surface area contributed by atoms with Crippen molar-refractivity contribution in [2.24, 2.45) is 0 Å². The van der Waals surface area contributed by atoms with Gasteiger partial charge in [-0.1, -0.05) is 30.3 Å². The molecule has 0 saturated heterocycles. The molecule has 0 radical (unpaired) electrons. The topological polar surface area (TPSA) is 42.4 Å². The molecule has 3 nitrogen and oxygen atoms in total. The number of ether oxygens (including phenoxy) is 1. The van der Waals surface area contributed by atoms with Crippen LogP contribution in [0.3, 0.4) is 0 Å². The fourth-order valence-corrected chi connectivity index (χ4v) is 2.73. The second kappa shape index (κ2) is 6.63. The molecule has 3 heteroatoms. The van der Waals surface area contributed by atoms with Gasteiger partial charge in [-0.25, -0.2) is 0 Å². The van der Waals surface area contributed by atoms with Crippen LogP contribution in [0.25, 0.3) is 22.4 Å². The minimum absolute atomic E-state index is 0.0121. The van der Waals surface area contributed by atoms with E-state index in [0.29, 0.717) is 0 Å². The fraction of sp³-hybridized carbons (Fsp3) is 0.150. The van der Waals surface area contributed by atoms with E-state index in [-0.39, 0.29) is 6.61 Å². The summed E-state index contributed by atoms with van der Waals surface area (Å²) in [6.45, 7) is 2.01. The molecule has 0 atom stereocenters. The van der Waals surface area contributed by atoms with Gasteiger partial charge in [0.15, 0.2) is 0 Å². The lowest BCUT2D eigenvalue weighted by atomic mass is 9.94. The van der Waals surface area contributed by atoms with Crippen molar-refractivity contribution in [2.45, 2.75) is 13.5 Å². The molecule has 0 fully saturated rings. The van der Waals surface area contributed by atoms with E-state index < -0.39 is 0 Å². The lowest BCUT2D eigenvalue weighted by Crippen LogP contribution is -1.97. The zero-order valence-corrected chi connectivity index (χ0v) is 13.3. The molecule has 1 heterocycles. The molecule has 1 N–H and O–H groups in total. The van der Waals surface area contributed by atoms with E-state index in [0.717, 1.165) is 39.3 Å². The summed E-state index contributed by atoms with van der Waals surface area (Å²) in [4.78, 5) is 4.55. The molecule has 3 aromatic rings. The van der Waals surface area contributed by atoms with E-state index >= 15 is 0 Å². The maximum Gasteiger partial charge on any atom is 0.119 e. The Kier molecular flexibility index (Phi) is 4.40. The number of methoxy groups -OCH3 is 1. The first-order valence-electron chi connectivity index (χ1n) is 7.53. The van der Waals surface area contributed by atoms with Crippen molar-refractivity contribution >= 4 is 0 Å². The van der Waals surface area contributed by atoms with Crippen LogP contribution in [0.2, 0.25) is 0 Å². The van der Waals surface area contributed by atoms with Crippen molar-refractivity contribution in [3.63, 3.8) is 0 Å². The Balaban J connectivity index is 2.24. The summed E-state index contributed by atoms with van der Waals surface area (Å²) in [5.74, 6) is 0.809. The molecule has 3 rings (SSSR count). The molecule has 0 aliphatic heterocycles. The molecule has 116 valence electrons. The number of nitrogens with zero attached hydrogens (tertiary/aromatic N) is 1. The van der Waals surface area contributed by atoms with E-state index in [1.165, 1.54) is 0 Å². The summed E-state index contributed by atoms with van der Waals surface area (Å²) in [6, 6.07) is 18.0. The van der Waals surface area contributed by atoms with Gasteiger partial charge in [-0.15, -0.1) is 0 Å². The van der Waals surface area contributed by atoms with Crippen LogP contribution in [0.1, 0.15) is 11.1 Å². The highest BCUT2D eigenvalue weighted by Crippen LogP contribution is 2.36. The molecule has 2 aromatic carbocycles. The molecule has 0 bridgehead atoms. The molecule has 0 aliphatic rings. The molecule has 0 aliphatic carbocycles. The monoisotopic (exact) mass is 305 g/mol. The SMILES string of the molecule is COc1ccc(-c2nccc(CO)c2C)c(-c2ccccc2)c1. The lowest BCUT2D eigenvalue weighted by molar-refractivity contribution is 0.281. The number of pyridine rings is 1. The van der Waals surface area contributed by atoms with Gasteiger partial charge in [-0.3, -0.25) is 4.98 Å². The smallest absolute Gasteiger partial charge is 0.119 e. The number of aliphatic hydroxyl groups excluding tert-OH is 1. The highest BCUT2D eigenvalue weighted by atomic mass is 16.5. The van der Waals surface area contributed by atoms with Crippen molar-refractivity contribution in [3.8, 4) is 28.1 Å². The van der Waals surface area contributed by atoms with E-state index in [1.807, 2.05) is 49.4 Å². The van der Waals surface area contributed by atoms with Gasteiger partial charge >= 0.3 is 0 Å². The number of aromatic nitrogens is 1. The van der Waals surface area contributed by atoms with Crippen molar-refractivity contribution in [1.82, 2.24) is 4.98 Å². The predicted molar refractivity (Wildman–Crippen MR) is 92.3 cm³/mol. The van der Waals surface area contributed by atoms with Crippen molar-refractivity contribution in [1.29, 1.82) is 0 Å². The summed E-state index contributed by atoms with van der Waals surface area (Å²) >= 11 is 0. The fourth-order valence-electron chi connectivity index (χ4n) is 2.73. The Morgan fingerprint density at radius 2 is 1.78 bits per heavy atom. The summed E-state index contributed by atoms with van der Waals surface area (Å²) in [7, 11) is 1.67. The first-order valence-corrected chi connectivity index (χ1v) is 7.53. The van der Waals surface area contributed by atoms with E-state index in [4.69, 9.17) is 4.74 Å². The first-order chi connectivity index (χ1) is 11.2. The number of rotatable bonds is 4. The third-order valence-corrected chi connectivity index (χ3v) is 4.05. The first kappa shape index (κ1) is 15.3. The van der Waals surface area contributed by atoms with E-state index in [9.17, 15) is 5.11 Å². The van der Waals surface area contributed by atoms with Gasteiger partial charge < -0.3 is 9.84 Å². The van der Waals surface area contributed by atoms with Gasteiger partial charge in [0.05, 0.1) is 19.4 Å². The van der Waals surface area contributed by atoms with E-state index in [2.05, 4.69) is 17.1 Å². The third kappa shape index (κ3) is 2.96. The molecule has 23 heavy (non-hydrogen) atoms. The number of aliphatic hydroxyl groups is 1. The largest absolute Gasteiger partial charge is 0.497 e. The average Bonchev–Trinajstić information content (AvgIpc) is 2.62. The Morgan fingerprint density at radius 3 is 2.48 bits per heavy atom. The Morgan fingerprint density at radius 1 is 1.00 bits per heavy atom. The number of hydrogen-bond acceptors (Lipinski definition) is 3. The summed E-state index contributed by atoms with van der Waals surface area (Å²) < 4.78 is 5.38. The van der Waals surface area contributed by atoms with Gasteiger partial charge in [0.25, 0.3) is 0 Å². The van der Waals surface area contributed by atoms with Crippen LogP contribution in [0.15, 0.2) is 60.8 Å². The predicted octanol–water partition coefficient (Wildman–Crippen LogP) is 4.22. The van der Waals surface area contributed by atoms with Crippen molar-refractivity contribution in [3.05, 3.63) is 71.9 Å². The van der Waals surface area contributed by atoms with Crippen LogP contribution in [-0.2, 0) is 6.61 Å². The van der Waals surface area contributed by atoms with Gasteiger partial charge in [-0.05, 0) is 53.4 Å². The van der Waals surface area contributed by atoms with Gasteiger partial charge in [0, 0.05) is 11.8 Å². The normalized spacial score (nSPS) is 10.6. The van der Waals surface area contributed by atoms with Crippen LogP contribution >= 0.6 is 0 Å². The Bertz CT molecular complexity index is 813. The molecular formula is C20H19NO2.